The van der Waals surface area contributed by atoms with Crippen molar-refractivity contribution in [2.45, 2.75) is 19.3 Å². The van der Waals surface area contributed by atoms with E-state index in [1.165, 1.54) is 6.42 Å². The predicted molar refractivity (Wildman–Crippen MR) is 83.5 cm³/mol. The number of nitrogens with zero attached hydrogens (tertiary/aromatic N) is 1. The number of amides is 1. The highest BCUT2D eigenvalue weighted by atomic mass is 35.5. The molecular formula is C15H20Cl2N2O. The number of benzene rings is 1. The van der Waals surface area contributed by atoms with Gasteiger partial charge in [-0.05, 0) is 37.1 Å². The van der Waals surface area contributed by atoms with Crippen molar-refractivity contribution in [2.24, 2.45) is 5.41 Å². The molecule has 2 aliphatic heterocycles. The molecule has 0 radical (unpaired) electrons. The van der Waals surface area contributed by atoms with Crippen LogP contribution in [-0.4, -0.2) is 37.0 Å². The van der Waals surface area contributed by atoms with Gasteiger partial charge in [-0.3, -0.25) is 4.79 Å². The van der Waals surface area contributed by atoms with E-state index < -0.39 is 0 Å². The van der Waals surface area contributed by atoms with E-state index in [2.05, 4.69) is 5.32 Å². The third kappa shape index (κ3) is 3.27. The summed E-state index contributed by atoms with van der Waals surface area (Å²) in [6.45, 7) is 4.00. The number of halogens is 2. The summed E-state index contributed by atoms with van der Waals surface area (Å²) in [5, 5.41) is 4.13. The molecule has 1 N–H and O–H groups in total. The van der Waals surface area contributed by atoms with E-state index >= 15 is 0 Å². The Morgan fingerprint density at radius 1 is 1.30 bits per heavy atom. The SMILES string of the molecule is Cl.O=C(Cc1ccc(Cl)cc1)N1CCC2(CCNC2)C1. The van der Waals surface area contributed by atoms with Gasteiger partial charge >= 0.3 is 0 Å². The molecule has 1 unspecified atom stereocenters. The molecule has 20 heavy (non-hydrogen) atoms. The Morgan fingerprint density at radius 3 is 2.70 bits per heavy atom. The van der Waals surface area contributed by atoms with E-state index in [4.69, 9.17) is 11.6 Å². The second-order valence-electron chi connectivity index (χ2n) is 5.80. The summed E-state index contributed by atoms with van der Waals surface area (Å²) in [4.78, 5) is 14.3. The van der Waals surface area contributed by atoms with Crippen LogP contribution in [0.3, 0.4) is 0 Å². The van der Waals surface area contributed by atoms with E-state index in [0.717, 1.165) is 38.2 Å². The lowest BCUT2D eigenvalue weighted by molar-refractivity contribution is -0.129. The standard InChI is InChI=1S/C15H19ClN2O.ClH/c16-13-3-1-12(2-4-13)9-14(19)18-8-6-15(11-18)5-7-17-10-15;/h1-4,17H,5-11H2;1H. The van der Waals surface area contributed by atoms with E-state index in [0.29, 0.717) is 16.9 Å². The van der Waals surface area contributed by atoms with Crippen LogP contribution in [0, 0.1) is 5.41 Å². The lowest BCUT2D eigenvalue weighted by Gasteiger charge is -2.22. The summed E-state index contributed by atoms with van der Waals surface area (Å²) >= 11 is 5.85. The monoisotopic (exact) mass is 314 g/mol. The molecule has 1 aromatic carbocycles. The van der Waals surface area contributed by atoms with Gasteiger partial charge in [0.2, 0.25) is 5.91 Å². The zero-order valence-electron chi connectivity index (χ0n) is 11.4. The number of rotatable bonds is 2. The zero-order valence-corrected chi connectivity index (χ0v) is 13.0. The molecule has 1 atom stereocenters. The normalized spacial score (nSPS) is 24.9. The first-order valence-corrected chi connectivity index (χ1v) is 7.28. The molecule has 3 nitrogen and oxygen atoms in total. The summed E-state index contributed by atoms with van der Waals surface area (Å²) in [7, 11) is 0. The average molecular weight is 315 g/mol. The van der Waals surface area contributed by atoms with Gasteiger partial charge in [-0.25, -0.2) is 0 Å². The highest BCUT2D eigenvalue weighted by molar-refractivity contribution is 6.30. The van der Waals surface area contributed by atoms with E-state index in [1.807, 2.05) is 29.2 Å². The maximum Gasteiger partial charge on any atom is 0.227 e. The second kappa shape index (κ2) is 6.33. The maximum absolute atomic E-state index is 12.3. The summed E-state index contributed by atoms with van der Waals surface area (Å²) in [5.41, 5.74) is 1.40. The van der Waals surface area contributed by atoms with Gasteiger partial charge in [0.1, 0.15) is 0 Å². The fourth-order valence-corrected chi connectivity index (χ4v) is 3.31. The van der Waals surface area contributed by atoms with Crippen molar-refractivity contribution in [1.29, 1.82) is 0 Å². The second-order valence-corrected chi connectivity index (χ2v) is 6.23. The Balaban J connectivity index is 0.00000147. The van der Waals surface area contributed by atoms with Crippen LogP contribution in [0.5, 0.6) is 0 Å². The van der Waals surface area contributed by atoms with E-state index in [9.17, 15) is 4.79 Å². The molecule has 2 heterocycles. The fourth-order valence-electron chi connectivity index (χ4n) is 3.18. The molecule has 0 bridgehead atoms. The molecule has 2 saturated heterocycles. The number of carbonyl (C=O) groups is 1. The number of likely N-dealkylation sites (tertiary alicyclic amines) is 1. The molecule has 0 aromatic heterocycles. The molecule has 110 valence electrons. The van der Waals surface area contributed by atoms with Crippen LogP contribution in [0.1, 0.15) is 18.4 Å². The molecule has 5 heteroatoms. The van der Waals surface area contributed by atoms with Crippen LogP contribution < -0.4 is 5.32 Å². The lowest BCUT2D eigenvalue weighted by Crippen LogP contribution is -2.34. The Bertz CT molecular complexity index is 469. The highest BCUT2D eigenvalue weighted by Crippen LogP contribution is 2.36. The first-order valence-electron chi connectivity index (χ1n) is 6.90. The van der Waals surface area contributed by atoms with Crippen molar-refractivity contribution in [2.75, 3.05) is 26.2 Å². The van der Waals surface area contributed by atoms with E-state index in [-0.39, 0.29) is 18.3 Å². The number of hydrogen-bond acceptors (Lipinski definition) is 2. The molecule has 0 saturated carbocycles. The fraction of sp³-hybridized carbons (Fsp3) is 0.533. The predicted octanol–water partition coefficient (Wildman–Crippen LogP) is 2.52. The zero-order chi connectivity index (χ0) is 13.3. The minimum Gasteiger partial charge on any atom is -0.342 e. The topological polar surface area (TPSA) is 32.3 Å². The molecule has 2 aliphatic rings. The van der Waals surface area contributed by atoms with Crippen molar-refractivity contribution in [3.63, 3.8) is 0 Å². The van der Waals surface area contributed by atoms with Crippen LogP contribution in [0.15, 0.2) is 24.3 Å². The molecule has 1 spiro atoms. The molecule has 2 fully saturated rings. The van der Waals surface area contributed by atoms with Gasteiger partial charge in [-0.2, -0.15) is 0 Å². The van der Waals surface area contributed by atoms with Gasteiger partial charge in [-0.1, -0.05) is 23.7 Å². The largest absolute Gasteiger partial charge is 0.342 e. The van der Waals surface area contributed by atoms with Crippen LogP contribution in [0.25, 0.3) is 0 Å². The van der Waals surface area contributed by atoms with E-state index in [1.54, 1.807) is 0 Å². The van der Waals surface area contributed by atoms with Crippen LogP contribution in [0.2, 0.25) is 5.02 Å². The van der Waals surface area contributed by atoms with Gasteiger partial charge in [-0.15, -0.1) is 12.4 Å². The summed E-state index contributed by atoms with van der Waals surface area (Å²) in [5.74, 6) is 0.242. The van der Waals surface area contributed by atoms with Gasteiger partial charge in [0.05, 0.1) is 6.42 Å². The van der Waals surface area contributed by atoms with Crippen LogP contribution >= 0.6 is 24.0 Å². The first kappa shape index (κ1) is 15.6. The van der Waals surface area contributed by atoms with Gasteiger partial charge in [0, 0.05) is 30.1 Å². The quantitative estimate of drug-likeness (QED) is 0.909. The Morgan fingerprint density at radius 2 is 2.05 bits per heavy atom. The Hall–Kier alpha value is -0.770. The number of carbonyl (C=O) groups excluding carboxylic acids is 1. The molecule has 1 amide bonds. The summed E-state index contributed by atoms with van der Waals surface area (Å²) in [6.07, 6.45) is 2.84. The van der Waals surface area contributed by atoms with Crippen molar-refractivity contribution in [1.82, 2.24) is 10.2 Å². The smallest absolute Gasteiger partial charge is 0.227 e. The Labute approximate surface area is 131 Å². The third-order valence-corrected chi connectivity index (χ3v) is 4.64. The molecular weight excluding hydrogens is 295 g/mol. The molecule has 3 rings (SSSR count). The lowest BCUT2D eigenvalue weighted by atomic mass is 9.86. The van der Waals surface area contributed by atoms with Crippen molar-refractivity contribution >= 4 is 29.9 Å². The minimum atomic E-state index is 0. The summed E-state index contributed by atoms with van der Waals surface area (Å²) < 4.78 is 0. The Kier molecular flexibility index (Phi) is 4.95. The average Bonchev–Trinajstić information content (AvgIpc) is 3.03. The molecule has 1 aromatic rings. The number of nitrogens with one attached hydrogen (secondary N) is 1. The first-order chi connectivity index (χ1) is 9.17. The van der Waals surface area contributed by atoms with Crippen LogP contribution in [-0.2, 0) is 11.2 Å². The van der Waals surface area contributed by atoms with Crippen molar-refractivity contribution in [3.8, 4) is 0 Å². The van der Waals surface area contributed by atoms with Gasteiger partial charge < -0.3 is 10.2 Å². The van der Waals surface area contributed by atoms with Gasteiger partial charge in [0.25, 0.3) is 0 Å². The highest BCUT2D eigenvalue weighted by Gasteiger charge is 2.41. The molecule has 0 aliphatic carbocycles. The maximum atomic E-state index is 12.3. The van der Waals surface area contributed by atoms with Crippen LogP contribution in [0.4, 0.5) is 0 Å². The summed E-state index contributed by atoms with van der Waals surface area (Å²) in [6, 6.07) is 7.56. The van der Waals surface area contributed by atoms with Gasteiger partial charge in [0.15, 0.2) is 0 Å². The van der Waals surface area contributed by atoms with Crippen molar-refractivity contribution in [3.05, 3.63) is 34.9 Å². The van der Waals surface area contributed by atoms with Crippen molar-refractivity contribution < 1.29 is 4.79 Å². The third-order valence-electron chi connectivity index (χ3n) is 4.39. The number of hydrogen-bond donors (Lipinski definition) is 1. The minimum absolute atomic E-state index is 0.